The molecule has 3 aromatic rings. The summed E-state index contributed by atoms with van der Waals surface area (Å²) in [6, 6.07) is 11.7. The van der Waals surface area contributed by atoms with E-state index in [-0.39, 0.29) is 0 Å². The van der Waals surface area contributed by atoms with Crippen LogP contribution in [-0.4, -0.2) is 16.7 Å². The number of rotatable bonds is 3. The minimum absolute atomic E-state index is 0.316. The summed E-state index contributed by atoms with van der Waals surface area (Å²) >= 11 is 12.3. The standard InChI is InChI=1S/C16H14Cl2N2O/c1-10-8-11(21-2)6-7-13(10)20-14-5-3-4-12(18)16(14)19-15(20)9-17/h3-8H,9H2,1-2H3. The first kappa shape index (κ1) is 14.2. The summed E-state index contributed by atoms with van der Waals surface area (Å²) in [5.41, 5.74) is 3.83. The van der Waals surface area contributed by atoms with E-state index in [0.717, 1.165) is 33.9 Å². The maximum absolute atomic E-state index is 6.24. The Morgan fingerprint density at radius 2 is 2.05 bits per heavy atom. The van der Waals surface area contributed by atoms with Crippen molar-refractivity contribution in [3.05, 3.63) is 52.8 Å². The summed E-state index contributed by atoms with van der Waals surface area (Å²) in [5, 5.41) is 0.629. The minimum Gasteiger partial charge on any atom is -0.497 e. The van der Waals surface area contributed by atoms with Gasteiger partial charge in [0.2, 0.25) is 0 Å². The number of nitrogens with zero attached hydrogens (tertiary/aromatic N) is 2. The molecule has 1 heterocycles. The summed E-state index contributed by atoms with van der Waals surface area (Å²) in [5.74, 6) is 1.91. The van der Waals surface area contributed by atoms with E-state index in [1.807, 2.05) is 47.9 Å². The molecule has 0 aliphatic heterocycles. The van der Waals surface area contributed by atoms with E-state index in [0.29, 0.717) is 10.9 Å². The molecule has 21 heavy (non-hydrogen) atoms. The molecule has 2 aromatic carbocycles. The molecule has 0 amide bonds. The van der Waals surface area contributed by atoms with Crippen molar-refractivity contribution in [2.45, 2.75) is 12.8 Å². The molecule has 0 fully saturated rings. The lowest BCUT2D eigenvalue weighted by Gasteiger charge is -2.12. The zero-order valence-electron chi connectivity index (χ0n) is 11.7. The van der Waals surface area contributed by atoms with Crippen molar-refractivity contribution >= 4 is 34.2 Å². The summed E-state index contributed by atoms with van der Waals surface area (Å²) in [4.78, 5) is 4.56. The summed E-state index contributed by atoms with van der Waals surface area (Å²) in [6.45, 7) is 2.03. The van der Waals surface area contributed by atoms with Crippen molar-refractivity contribution in [2.24, 2.45) is 0 Å². The van der Waals surface area contributed by atoms with Gasteiger partial charge in [0.15, 0.2) is 0 Å². The van der Waals surface area contributed by atoms with Gasteiger partial charge in [-0.1, -0.05) is 17.7 Å². The Morgan fingerprint density at radius 1 is 1.24 bits per heavy atom. The largest absolute Gasteiger partial charge is 0.497 e. The predicted octanol–water partition coefficient (Wildman–Crippen LogP) is 4.73. The van der Waals surface area contributed by atoms with Gasteiger partial charge < -0.3 is 4.74 Å². The van der Waals surface area contributed by atoms with Crippen LogP contribution in [0.3, 0.4) is 0 Å². The quantitative estimate of drug-likeness (QED) is 0.652. The number of fused-ring (bicyclic) bond motifs is 1. The van der Waals surface area contributed by atoms with Crippen LogP contribution >= 0.6 is 23.2 Å². The minimum atomic E-state index is 0.316. The lowest BCUT2D eigenvalue weighted by molar-refractivity contribution is 0.414. The molecule has 0 N–H and O–H groups in total. The van der Waals surface area contributed by atoms with Gasteiger partial charge in [0.05, 0.1) is 29.2 Å². The molecule has 3 nitrogen and oxygen atoms in total. The van der Waals surface area contributed by atoms with Gasteiger partial charge in [-0.25, -0.2) is 4.98 Å². The van der Waals surface area contributed by atoms with E-state index in [9.17, 15) is 0 Å². The van der Waals surface area contributed by atoms with Crippen LogP contribution in [0.15, 0.2) is 36.4 Å². The Hall–Kier alpha value is -1.71. The van der Waals surface area contributed by atoms with E-state index in [2.05, 4.69) is 4.98 Å². The maximum atomic E-state index is 6.24. The van der Waals surface area contributed by atoms with Gasteiger partial charge >= 0.3 is 0 Å². The van der Waals surface area contributed by atoms with Crippen molar-refractivity contribution in [1.82, 2.24) is 9.55 Å². The second kappa shape index (κ2) is 5.58. The third-order valence-corrected chi connectivity index (χ3v) is 4.01. The molecule has 0 aliphatic rings. The number of ether oxygens (including phenoxy) is 1. The first-order chi connectivity index (χ1) is 10.2. The molecule has 0 spiro atoms. The van der Waals surface area contributed by atoms with E-state index >= 15 is 0 Å². The molecule has 5 heteroatoms. The van der Waals surface area contributed by atoms with Crippen LogP contribution in [0, 0.1) is 6.92 Å². The second-order valence-corrected chi connectivity index (χ2v) is 5.43. The second-order valence-electron chi connectivity index (χ2n) is 4.76. The fraction of sp³-hybridized carbons (Fsp3) is 0.188. The number of hydrogen-bond acceptors (Lipinski definition) is 2. The smallest absolute Gasteiger partial charge is 0.129 e. The van der Waals surface area contributed by atoms with Gasteiger partial charge in [-0.05, 0) is 42.8 Å². The van der Waals surface area contributed by atoms with Crippen molar-refractivity contribution in [3.63, 3.8) is 0 Å². The Kier molecular flexibility index (Phi) is 3.79. The van der Waals surface area contributed by atoms with Gasteiger partial charge in [-0.3, -0.25) is 4.57 Å². The summed E-state index contributed by atoms with van der Waals surface area (Å²) in [7, 11) is 1.66. The third-order valence-electron chi connectivity index (χ3n) is 3.47. The Bertz CT molecular complexity index is 811. The highest BCUT2D eigenvalue weighted by atomic mass is 35.5. The van der Waals surface area contributed by atoms with Crippen LogP contribution < -0.4 is 4.74 Å². The summed E-state index contributed by atoms with van der Waals surface area (Å²) < 4.78 is 7.30. The summed E-state index contributed by atoms with van der Waals surface area (Å²) in [6.07, 6.45) is 0. The lowest BCUT2D eigenvalue weighted by Crippen LogP contribution is -2.01. The number of benzene rings is 2. The van der Waals surface area contributed by atoms with Crippen molar-refractivity contribution in [2.75, 3.05) is 7.11 Å². The first-order valence-corrected chi connectivity index (χ1v) is 7.43. The third kappa shape index (κ3) is 2.37. The molecule has 0 unspecified atom stereocenters. The lowest BCUT2D eigenvalue weighted by atomic mass is 10.2. The maximum Gasteiger partial charge on any atom is 0.129 e. The predicted molar refractivity (Wildman–Crippen MR) is 86.9 cm³/mol. The molecule has 0 atom stereocenters. The molecule has 3 rings (SSSR count). The average molecular weight is 321 g/mol. The molecule has 0 radical (unpaired) electrons. The number of aryl methyl sites for hydroxylation is 1. The average Bonchev–Trinajstić information content (AvgIpc) is 2.87. The monoisotopic (exact) mass is 320 g/mol. The number of halogens is 2. The number of hydrogen-bond donors (Lipinski definition) is 0. The zero-order chi connectivity index (χ0) is 15.0. The van der Waals surface area contributed by atoms with Crippen molar-refractivity contribution < 1.29 is 4.74 Å². The van der Waals surface area contributed by atoms with Gasteiger partial charge in [0.1, 0.15) is 17.1 Å². The molecule has 0 aliphatic carbocycles. The van der Waals surface area contributed by atoms with Crippen molar-refractivity contribution in [1.29, 1.82) is 0 Å². The highest BCUT2D eigenvalue weighted by Gasteiger charge is 2.15. The van der Waals surface area contributed by atoms with Gasteiger partial charge in [0, 0.05) is 0 Å². The Morgan fingerprint density at radius 3 is 2.71 bits per heavy atom. The van der Waals surface area contributed by atoms with E-state index < -0.39 is 0 Å². The fourth-order valence-corrected chi connectivity index (χ4v) is 2.87. The fourth-order valence-electron chi connectivity index (χ4n) is 2.48. The number of methoxy groups -OCH3 is 1. The van der Waals surface area contributed by atoms with E-state index in [1.165, 1.54) is 0 Å². The van der Waals surface area contributed by atoms with Crippen molar-refractivity contribution in [3.8, 4) is 11.4 Å². The van der Waals surface area contributed by atoms with Gasteiger partial charge in [0.25, 0.3) is 0 Å². The van der Waals surface area contributed by atoms with Crippen LogP contribution in [-0.2, 0) is 5.88 Å². The van der Waals surface area contributed by atoms with Gasteiger partial charge in [-0.2, -0.15) is 0 Å². The van der Waals surface area contributed by atoms with Crippen LogP contribution in [0.2, 0.25) is 5.02 Å². The molecule has 0 bridgehead atoms. The van der Waals surface area contributed by atoms with Crippen LogP contribution in [0.4, 0.5) is 0 Å². The normalized spacial score (nSPS) is 11.0. The SMILES string of the molecule is COc1ccc(-n2c(CCl)nc3c(Cl)cccc32)c(C)c1. The number of alkyl halides is 1. The number of para-hydroxylation sites is 1. The topological polar surface area (TPSA) is 27.1 Å². The zero-order valence-corrected chi connectivity index (χ0v) is 13.2. The van der Waals surface area contributed by atoms with E-state index in [1.54, 1.807) is 7.11 Å². The number of imidazole rings is 1. The number of aromatic nitrogens is 2. The molecule has 0 saturated carbocycles. The molecule has 0 saturated heterocycles. The first-order valence-electron chi connectivity index (χ1n) is 6.52. The molecule has 1 aromatic heterocycles. The van der Waals surface area contributed by atoms with E-state index in [4.69, 9.17) is 27.9 Å². The Balaban J connectivity index is 2.31. The van der Waals surface area contributed by atoms with Crippen LogP contribution in [0.25, 0.3) is 16.7 Å². The van der Waals surface area contributed by atoms with Gasteiger partial charge in [-0.15, -0.1) is 11.6 Å². The van der Waals surface area contributed by atoms with Crippen LogP contribution in [0.5, 0.6) is 5.75 Å². The van der Waals surface area contributed by atoms with Crippen LogP contribution in [0.1, 0.15) is 11.4 Å². The highest BCUT2D eigenvalue weighted by molar-refractivity contribution is 6.35. The molecular formula is C16H14Cl2N2O. The Labute approximate surface area is 133 Å². The molecule has 108 valence electrons. The highest BCUT2D eigenvalue weighted by Crippen LogP contribution is 2.30. The molecular weight excluding hydrogens is 307 g/mol.